The fraction of sp³-hybridized carbons (Fsp3) is 0.0769. The third-order valence-electron chi connectivity index (χ3n) is 2.75. The van der Waals surface area contributed by atoms with Crippen LogP contribution in [0.4, 0.5) is 4.79 Å². The van der Waals surface area contributed by atoms with E-state index in [2.05, 4.69) is 16.2 Å². The Morgan fingerprint density at radius 2 is 2.00 bits per heavy atom. The van der Waals surface area contributed by atoms with Gasteiger partial charge < -0.3 is 0 Å². The number of hydrogen-bond acceptors (Lipinski definition) is 3. The summed E-state index contributed by atoms with van der Waals surface area (Å²) in [4.78, 5) is 15.6. The molecule has 0 spiro atoms. The van der Waals surface area contributed by atoms with Crippen molar-refractivity contribution in [1.29, 1.82) is 5.26 Å². The molecule has 2 heterocycles. The summed E-state index contributed by atoms with van der Waals surface area (Å²) in [6, 6.07) is 10.5. The number of carbonyl (C=O) groups is 1. The molecular formula is C13H8N4O. The number of aliphatic imine (C=N–C) groups is 1. The number of nitrogens with zero attached hydrogens (tertiary/aromatic N) is 4. The maximum absolute atomic E-state index is 11.6. The van der Waals surface area contributed by atoms with Gasteiger partial charge in [-0.1, -0.05) is 12.1 Å². The summed E-state index contributed by atoms with van der Waals surface area (Å²) in [5.74, 6) is 0. The Labute approximate surface area is 103 Å². The lowest BCUT2D eigenvalue weighted by atomic mass is 10.1. The van der Waals surface area contributed by atoms with E-state index in [9.17, 15) is 4.79 Å². The summed E-state index contributed by atoms with van der Waals surface area (Å²) in [5, 5.41) is 12.8. The van der Waals surface area contributed by atoms with E-state index in [0.29, 0.717) is 17.0 Å². The summed E-state index contributed by atoms with van der Waals surface area (Å²) in [7, 11) is 0. The maximum Gasteiger partial charge on any atom is 0.369 e. The van der Waals surface area contributed by atoms with Crippen molar-refractivity contribution in [2.45, 2.75) is 6.92 Å². The molecule has 0 fully saturated rings. The van der Waals surface area contributed by atoms with Crippen molar-refractivity contribution in [2.75, 3.05) is 0 Å². The first-order chi connectivity index (χ1) is 8.69. The maximum atomic E-state index is 11.6. The quantitative estimate of drug-likeness (QED) is 0.758. The first kappa shape index (κ1) is 10.4. The molecular weight excluding hydrogens is 228 g/mol. The average molecular weight is 236 g/mol. The Kier molecular flexibility index (Phi) is 2.10. The van der Waals surface area contributed by atoms with Crippen LogP contribution in [0.25, 0.3) is 0 Å². The van der Waals surface area contributed by atoms with Crippen LogP contribution >= 0.6 is 0 Å². The van der Waals surface area contributed by atoms with Gasteiger partial charge in [-0.2, -0.15) is 20.0 Å². The zero-order valence-electron chi connectivity index (χ0n) is 9.58. The Balaban J connectivity index is 2.10. The summed E-state index contributed by atoms with van der Waals surface area (Å²) in [6.07, 6.45) is 0. The van der Waals surface area contributed by atoms with Gasteiger partial charge in [0.25, 0.3) is 0 Å². The minimum Gasteiger partial charge on any atom is -0.244 e. The number of hydrogen-bond donors (Lipinski definition) is 0. The van der Waals surface area contributed by atoms with Crippen molar-refractivity contribution in [3.05, 3.63) is 52.8 Å². The van der Waals surface area contributed by atoms with E-state index in [1.54, 1.807) is 24.3 Å². The van der Waals surface area contributed by atoms with Gasteiger partial charge >= 0.3 is 6.03 Å². The molecule has 86 valence electrons. The smallest absolute Gasteiger partial charge is 0.244 e. The van der Waals surface area contributed by atoms with E-state index in [1.807, 2.05) is 13.0 Å². The lowest BCUT2D eigenvalue weighted by molar-refractivity contribution is 0.249. The van der Waals surface area contributed by atoms with E-state index < -0.39 is 0 Å². The van der Waals surface area contributed by atoms with Crippen LogP contribution in [0.15, 0.2) is 35.3 Å². The fourth-order valence-electron chi connectivity index (χ4n) is 1.93. The van der Waals surface area contributed by atoms with E-state index >= 15 is 0 Å². The largest absolute Gasteiger partial charge is 0.369 e. The number of aromatic nitrogens is 2. The Morgan fingerprint density at radius 1 is 1.28 bits per heavy atom. The van der Waals surface area contributed by atoms with Gasteiger partial charge in [-0.25, -0.2) is 4.79 Å². The van der Waals surface area contributed by atoms with Crippen LogP contribution in [-0.4, -0.2) is 21.5 Å². The highest BCUT2D eigenvalue weighted by molar-refractivity contribution is 6.20. The van der Waals surface area contributed by atoms with E-state index in [0.717, 1.165) is 11.3 Å². The summed E-state index contributed by atoms with van der Waals surface area (Å²) in [5.41, 5.74) is 3.46. The normalized spacial score (nSPS) is 13.1. The summed E-state index contributed by atoms with van der Waals surface area (Å²) in [6.45, 7) is 1.83. The van der Waals surface area contributed by atoms with Crippen molar-refractivity contribution in [3.8, 4) is 6.07 Å². The molecule has 0 unspecified atom stereocenters. The molecule has 1 amide bonds. The Hall–Kier alpha value is -2.74. The SMILES string of the molecule is Cc1cc2n(n1)C(=O)N=C2c1ccc(C#N)cc1. The highest BCUT2D eigenvalue weighted by Gasteiger charge is 2.25. The standard InChI is InChI=1S/C13H8N4O/c1-8-6-11-12(15-13(18)17(11)16-8)10-4-2-9(7-14)3-5-10/h2-6H,1H3. The van der Waals surface area contributed by atoms with Crippen LogP contribution in [0.2, 0.25) is 0 Å². The van der Waals surface area contributed by atoms with Crippen LogP contribution in [0.5, 0.6) is 0 Å². The molecule has 0 N–H and O–H groups in total. The molecule has 18 heavy (non-hydrogen) atoms. The number of fused-ring (bicyclic) bond motifs is 1. The predicted molar refractivity (Wildman–Crippen MR) is 64.6 cm³/mol. The van der Waals surface area contributed by atoms with Crippen molar-refractivity contribution >= 4 is 11.7 Å². The molecule has 0 atom stereocenters. The van der Waals surface area contributed by atoms with Crippen molar-refractivity contribution in [3.63, 3.8) is 0 Å². The van der Waals surface area contributed by atoms with Gasteiger partial charge in [0, 0.05) is 5.56 Å². The van der Waals surface area contributed by atoms with Crippen LogP contribution in [-0.2, 0) is 0 Å². The highest BCUT2D eigenvalue weighted by Crippen LogP contribution is 2.18. The van der Waals surface area contributed by atoms with Gasteiger partial charge in [-0.15, -0.1) is 0 Å². The van der Waals surface area contributed by atoms with Crippen molar-refractivity contribution in [2.24, 2.45) is 4.99 Å². The average Bonchev–Trinajstić information content (AvgIpc) is 2.89. The third-order valence-corrected chi connectivity index (χ3v) is 2.75. The zero-order valence-corrected chi connectivity index (χ0v) is 9.58. The molecule has 1 aromatic heterocycles. The van der Waals surface area contributed by atoms with Gasteiger partial charge in [0.05, 0.1) is 23.0 Å². The molecule has 5 nitrogen and oxygen atoms in total. The summed E-state index contributed by atoms with van der Waals surface area (Å²) >= 11 is 0. The predicted octanol–water partition coefficient (Wildman–Crippen LogP) is 1.88. The molecule has 0 aliphatic carbocycles. The Bertz CT molecular complexity index is 716. The molecule has 1 aliphatic heterocycles. The number of carbonyl (C=O) groups excluding carboxylic acids is 1. The van der Waals surface area contributed by atoms with Gasteiger partial charge in [0.1, 0.15) is 5.71 Å². The van der Waals surface area contributed by atoms with E-state index in [1.165, 1.54) is 4.68 Å². The Morgan fingerprint density at radius 3 is 2.67 bits per heavy atom. The minimum absolute atomic E-state index is 0.377. The van der Waals surface area contributed by atoms with Gasteiger partial charge in [-0.3, -0.25) is 0 Å². The number of benzene rings is 1. The second kappa shape index (κ2) is 3.64. The van der Waals surface area contributed by atoms with Crippen molar-refractivity contribution in [1.82, 2.24) is 9.78 Å². The number of aryl methyl sites for hydroxylation is 1. The fourth-order valence-corrected chi connectivity index (χ4v) is 1.93. The molecule has 1 aliphatic rings. The second-order valence-corrected chi connectivity index (χ2v) is 4.01. The monoisotopic (exact) mass is 236 g/mol. The number of nitriles is 1. The lowest BCUT2D eigenvalue weighted by Crippen LogP contribution is -2.06. The van der Waals surface area contributed by atoms with E-state index in [4.69, 9.17) is 5.26 Å². The van der Waals surface area contributed by atoms with Crippen LogP contribution in [0.3, 0.4) is 0 Å². The van der Waals surface area contributed by atoms with Crippen LogP contribution in [0, 0.1) is 18.3 Å². The molecule has 1 aromatic carbocycles. The molecule has 2 aromatic rings. The molecule has 5 heteroatoms. The van der Waals surface area contributed by atoms with Gasteiger partial charge in [-0.05, 0) is 25.1 Å². The third kappa shape index (κ3) is 1.44. The minimum atomic E-state index is -0.377. The van der Waals surface area contributed by atoms with Gasteiger partial charge in [0.2, 0.25) is 0 Å². The van der Waals surface area contributed by atoms with Crippen molar-refractivity contribution < 1.29 is 4.79 Å². The topological polar surface area (TPSA) is 71.0 Å². The molecule has 0 saturated heterocycles. The summed E-state index contributed by atoms with van der Waals surface area (Å²) < 4.78 is 1.29. The van der Waals surface area contributed by atoms with E-state index in [-0.39, 0.29) is 6.03 Å². The van der Waals surface area contributed by atoms with Crippen LogP contribution < -0.4 is 0 Å². The first-order valence-electron chi connectivity index (χ1n) is 5.39. The number of rotatable bonds is 1. The van der Waals surface area contributed by atoms with Gasteiger partial charge in [0.15, 0.2) is 0 Å². The van der Waals surface area contributed by atoms with Crippen LogP contribution in [0.1, 0.15) is 22.5 Å². The zero-order chi connectivity index (χ0) is 12.7. The first-order valence-corrected chi connectivity index (χ1v) is 5.39. The highest BCUT2D eigenvalue weighted by atomic mass is 16.2. The molecule has 0 radical (unpaired) electrons. The lowest BCUT2D eigenvalue weighted by Gasteiger charge is -1.99. The number of amides is 1. The molecule has 3 rings (SSSR count). The molecule has 0 bridgehead atoms. The second-order valence-electron chi connectivity index (χ2n) is 4.01. The molecule has 0 saturated carbocycles.